The number of benzene rings is 1. The second-order valence-corrected chi connectivity index (χ2v) is 4.31. The molecular weight excluding hydrogens is 314 g/mol. The highest BCUT2D eigenvalue weighted by Crippen LogP contribution is 2.31. The topological polar surface area (TPSA) is 56.2 Å². The second-order valence-electron chi connectivity index (χ2n) is 3.87. The van der Waals surface area contributed by atoms with E-state index in [1.165, 1.54) is 0 Å². The van der Waals surface area contributed by atoms with Crippen molar-refractivity contribution in [3.05, 3.63) is 41.7 Å². The maximum atomic E-state index is 10.9. The van der Waals surface area contributed by atoms with Gasteiger partial charge in [-0.05, 0) is 36.2 Å². The van der Waals surface area contributed by atoms with Gasteiger partial charge < -0.3 is 10.2 Å². The van der Waals surface area contributed by atoms with Crippen LogP contribution in [-0.2, 0) is 11.2 Å². The number of nitrogens with two attached hydrogens (primary N) is 1. The molecule has 0 fully saturated rings. The zero-order valence-corrected chi connectivity index (χ0v) is 12.5. The lowest BCUT2D eigenvalue weighted by Gasteiger charge is -2.10. The summed E-state index contributed by atoms with van der Waals surface area (Å²) in [6.07, 6.45) is 1.85. The molecule has 0 aliphatic rings. The molecule has 0 saturated carbocycles. The van der Waals surface area contributed by atoms with Crippen LogP contribution in [0.1, 0.15) is 11.1 Å². The summed E-state index contributed by atoms with van der Waals surface area (Å²) in [4.78, 5) is 11.7. The fourth-order valence-electron chi connectivity index (χ4n) is 1.75. The zero-order chi connectivity index (χ0) is 12.4. The Labute approximate surface area is 122 Å². The van der Waals surface area contributed by atoms with Crippen molar-refractivity contribution in [1.82, 2.24) is 0 Å². The Bertz CT molecular complexity index is 552. The minimum Gasteiger partial charge on any atom is -0.464 e. The third-order valence-corrected chi connectivity index (χ3v) is 3.27. The van der Waals surface area contributed by atoms with E-state index in [-0.39, 0.29) is 29.3 Å². The van der Waals surface area contributed by atoms with Gasteiger partial charge in [-0.3, -0.25) is 4.79 Å². The van der Waals surface area contributed by atoms with E-state index in [0.717, 1.165) is 27.3 Å². The van der Waals surface area contributed by atoms with E-state index >= 15 is 0 Å². The van der Waals surface area contributed by atoms with Crippen molar-refractivity contribution >= 4 is 35.5 Å². The van der Waals surface area contributed by atoms with Gasteiger partial charge >= 0.3 is 0 Å². The molecule has 0 aliphatic carbocycles. The van der Waals surface area contributed by atoms with Crippen LogP contribution < -0.4 is 5.73 Å². The molecule has 2 aromatic rings. The molecule has 2 rings (SSSR count). The molecule has 0 bridgehead atoms. The molecule has 1 aromatic heterocycles. The summed E-state index contributed by atoms with van der Waals surface area (Å²) in [6, 6.07) is 7.49. The van der Waals surface area contributed by atoms with E-state index in [4.69, 9.17) is 10.2 Å². The summed E-state index contributed by atoms with van der Waals surface area (Å²) < 4.78 is 5.34. The van der Waals surface area contributed by atoms with Crippen LogP contribution in [0.5, 0.6) is 0 Å². The van der Waals surface area contributed by atoms with Gasteiger partial charge in [0, 0.05) is 10.5 Å². The number of carbonyl (C=O) groups is 1. The van der Waals surface area contributed by atoms with Crippen LogP contribution in [0.15, 0.2) is 39.8 Å². The molecule has 1 heterocycles. The molecule has 0 unspecified atom stereocenters. The lowest BCUT2D eigenvalue weighted by molar-refractivity contribution is -0.117. The van der Waals surface area contributed by atoms with E-state index in [1.54, 1.807) is 6.26 Å². The Morgan fingerprint density at radius 2 is 2.11 bits per heavy atom. The number of hydrogen-bond acceptors (Lipinski definition) is 3. The zero-order valence-electron chi connectivity index (χ0n) is 9.84. The van der Waals surface area contributed by atoms with Crippen LogP contribution in [0.3, 0.4) is 0 Å². The molecule has 1 aromatic carbocycles. The van der Waals surface area contributed by atoms with Gasteiger partial charge in [0.05, 0.1) is 12.7 Å². The Balaban J connectivity index is 0.00000162. The van der Waals surface area contributed by atoms with Crippen molar-refractivity contribution in [1.29, 1.82) is 0 Å². The number of furan rings is 1. The first-order valence-corrected chi connectivity index (χ1v) is 5.68. The Hall–Kier alpha value is -1.20. The third-order valence-electron chi connectivity index (χ3n) is 2.69. The van der Waals surface area contributed by atoms with Crippen LogP contribution in [0.2, 0.25) is 0 Å². The lowest BCUT2D eigenvalue weighted by atomic mass is 10.0. The second kappa shape index (κ2) is 6.11. The minimum absolute atomic E-state index is 0. The van der Waals surface area contributed by atoms with Gasteiger partial charge in [0.15, 0.2) is 0 Å². The number of halogens is 1. The number of rotatable bonds is 3. The summed E-state index contributed by atoms with van der Waals surface area (Å²) in [5, 5.41) is 0. The monoisotopic (exact) mass is 327 g/mol. The molecule has 18 heavy (non-hydrogen) atoms. The maximum Gasteiger partial charge on any atom is 0.221 e. The molecular formula is C13H14BrNO2S. The van der Waals surface area contributed by atoms with Gasteiger partial charge in [0.25, 0.3) is 0 Å². The quantitative estimate of drug-likeness (QED) is 0.851. The van der Waals surface area contributed by atoms with Crippen LogP contribution in [0, 0.1) is 6.92 Å². The third kappa shape index (κ3) is 2.97. The Morgan fingerprint density at radius 3 is 2.67 bits per heavy atom. The molecule has 0 radical (unpaired) electrons. The number of carbonyl (C=O) groups excluding carboxylic acids is 1. The van der Waals surface area contributed by atoms with Crippen LogP contribution >= 0.6 is 29.6 Å². The van der Waals surface area contributed by atoms with E-state index in [0.29, 0.717) is 0 Å². The fraction of sp³-hybridized carbons (Fsp3) is 0.154. The molecule has 0 spiro atoms. The lowest BCUT2D eigenvalue weighted by Crippen LogP contribution is -2.14. The van der Waals surface area contributed by atoms with E-state index < -0.39 is 0 Å². The molecule has 5 heteroatoms. The van der Waals surface area contributed by atoms with E-state index in [2.05, 4.69) is 12.6 Å². The van der Waals surface area contributed by atoms with E-state index in [1.807, 2.05) is 31.2 Å². The first-order valence-electron chi connectivity index (χ1n) is 5.23. The smallest absolute Gasteiger partial charge is 0.221 e. The van der Waals surface area contributed by atoms with Crippen molar-refractivity contribution in [2.75, 3.05) is 0 Å². The average molecular weight is 328 g/mol. The molecule has 0 aliphatic heterocycles. The van der Waals surface area contributed by atoms with Gasteiger partial charge in [-0.15, -0.1) is 29.6 Å². The van der Waals surface area contributed by atoms with Gasteiger partial charge in [0.2, 0.25) is 5.91 Å². The predicted octanol–water partition coefficient (Wildman–Crippen LogP) is 3.15. The van der Waals surface area contributed by atoms with Crippen molar-refractivity contribution in [3.63, 3.8) is 0 Å². The Kier molecular flexibility index (Phi) is 5.04. The van der Waals surface area contributed by atoms with E-state index in [9.17, 15) is 4.79 Å². The van der Waals surface area contributed by atoms with Crippen LogP contribution in [-0.4, -0.2) is 5.91 Å². The van der Waals surface area contributed by atoms with Gasteiger partial charge in [0.1, 0.15) is 5.76 Å². The maximum absolute atomic E-state index is 10.9. The first-order chi connectivity index (χ1) is 8.09. The number of hydrogen-bond donors (Lipinski definition) is 2. The van der Waals surface area contributed by atoms with Gasteiger partial charge in [-0.1, -0.05) is 6.07 Å². The fourth-order valence-corrected chi connectivity index (χ4v) is 2.08. The molecule has 0 atom stereocenters. The largest absolute Gasteiger partial charge is 0.464 e. The molecule has 3 nitrogen and oxygen atoms in total. The van der Waals surface area contributed by atoms with Crippen molar-refractivity contribution in [3.8, 4) is 11.3 Å². The normalized spacial score (nSPS) is 9.89. The highest BCUT2D eigenvalue weighted by Gasteiger charge is 2.11. The van der Waals surface area contributed by atoms with Crippen LogP contribution in [0.25, 0.3) is 11.3 Å². The molecule has 0 saturated heterocycles. The SMILES string of the molecule is Br.Cc1c(CC(N)=O)ccc(-c2ccco2)c1S. The number of thiol groups is 1. The van der Waals surface area contributed by atoms with Crippen molar-refractivity contribution < 1.29 is 9.21 Å². The van der Waals surface area contributed by atoms with Crippen LogP contribution in [0.4, 0.5) is 0 Å². The summed E-state index contributed by atoms with van der Waals surface area (Å²) >= 11 is 4.48. The number of primary amides is 1. The highest BCUT2D eigenvalue weighted by atomic mass is 79.9. The van der Waals surface area contributed by atoms with Crippen molar-refractivity contribution in [2.45, 2.75) is 18.2 Å². The summed E-state index contributed by atoms with van der Waals surface area (Å²) in [5.41, 5.74) is 7.97. The molecule has 96 valence electrons. The summed E-state index contributed by atoms with van der Waals surface area (Å²) in [6.45, 7) is 1.92. The minimum atomic E-state index is -0.341. The highest BCUT2D eigenvalue weighted by molar-refractivity contribution is 8.93. The summed E-state index contributed by atoms with van der Waals surface area (Å²) in [5.74, 6) is 0.426. The predicted molar refractivity (Wildman–Crippen MR) is 79.4 cm³/mol. The van der Waals surface area contributed by atoms with Gasteiger partial charge in [-0.25, -0.2) is 0 Å². The van der Waals surface area contributed by atoms with Crippen molar-refractivity contribution in [2.24, 2.45) is 5.73 Å². The number of amides is 1. The summed E-state index contributed by atoms with van der Waals surface area (Å²) in [7, 11) is 0. The standard InChI is InChI=1S/C13H13NO2S.BrH/c1-8-9(7-12(14)15)4-5-10(13(8)17)11-3-2-6-16-11;/h2-6,17H,7H2,1H3,(H2,14,15);1H. The average Bonchev–Trinajstić information content (AvgIpc) is 2.78. The molecule has 2 N–H and O–H groups in total. The Morgan fingerprint density at radius 1 is 1.39 bits per heavy atom. The first kappa shape index (κ1) is 14.9. The van der Waals surface area contributed by atoms with Gasteiger partial charge in [-0.2, -0.15) is 0 Å². The molecule has 1 amide bonds.